The van der Waals surface area contributed by atoms with E-state index in [1.807, 2.05) is 0 Å². The molecule has 1 aromatic rings. The molecule has 0 saturated carbocycles. The van der Waals surface area contributed by atoms with Crippen LogP contribution in [0.5, 0.6) is 0 Å². The van der Waals surface area contributed by atoms with E-state index in [4.69, 9.17) is 8.85 Å². The Morgan fingerprint density at radius 2 is 1.63 bits per heavy atom. The average molecular weight is 280 g/mol. The average Bonchev–Trinajstić information content (AvgIpc) is 2.40. The Morgan fingerprint density at radius 3 is 2.11 bits per heavy atom. The van der Waals surface area contributed by atoms with Gasteiger partial charge in [-0.2, -0.15) is 0 Å². The number of hydrogen-bond acceptors (Lipinski definition) is 2. The molecule has 0 bridgehead atoms. The van der Waals surface area contributed by atoms with Gasteiger partial charge in [0, 0.05) is 14.2 Å². The minimum absolute atomic E-state index is 0.302. The zero-order valence-electron chi connectivity index (χ0n) is 13.2. The Labute approximate surface area is 119 Å². The fraction of sp³-hybridized carbons (Fsp3) is 0.625. The van der Waals surface area contributed by atoms with Gasteiger partial charge in [-0.25, -0.2) is 0 Å². The minimum Gasteiger partial charge on any atom is -0.394 e. The van der Waals surface area contributed by atoms with Gasteiger partial charge in [0.1, 0.15) is 0 Å². The van der Waals surface area contributed by atoms with Crippen LogP contribution in [-0.2, 0) is 15.3 Å². The molecule has 3 heteroatoms. The highest BCUT2D eigenvalue weighted by Crippen LogP contribution is 2.27. The fourth-order valence-corrected chi connectivity index (χ4v) is 5.84. The highest BCUT2D eigenvalue weighted by molar-refractivity contribution is 6.81. The Bertz CT molecular complexity index is 392. The van der Waals surface area contributed by atoms with Crippen LogP contribution in [0.3, 0.4) is 0 Å². The summed E-state index contributed by atoms with van der Waals surface area (Å²) in [6, 6.07) is 9.55. The normalized spacial score (nSPS) is 12.7. The molecule has 0 unspecified atom stereocenters. The highest BCUT2D eigenvalue weighted by Gasteiger charge is 2.40. The summed E-state index contributed by atoms with van der Waals surface area (Å²) in [7, 11) is 1.30. The zero-order valence-corrected chi connectivity index (χ0v) is 14.2. The maximum absolute atomic E-state index is 5.93. The second kappa shape index (κ2) is 6.68. The van der Waals surface area contributed by atoms with E-state index in [1.54, 1.807) is 14.2 Å². The maximum atomic E-state index is 5.93. The lowest BCUT2D eigenvalue weighted by atomic mass is 9.94. The van der Waals surface area contributed by atoms with Crippen LogP contribution in [0.1, 0.15) is 39.7 Å². The van der Waals surface area contributed by atoms with Crippen LogP contribution < -0.4 is 5.19 Å². The molecule has 2 nitrogen and oxygen atoms in total. The molecule has 0 N–H and O–H groups in total. The van der Waals surface area contributed by atoms with Gasteiger partial charge in [0.25, 0.3) is 0 Å². The van der Waals surface area contributed by atoms with Crippen molar-refractivity contribution in [1.82, 2.24) is 0 Å². The van der Waals surface area contributed by atoms with Crippen molar-refractivity contribution in [3.05, 3.63) is 29.8 Å². The van der Waals surface area contributed by atoms with E-state index in [9.17, 15) is 0 Å². The topological polar surface area (TPSA) is 18.5 Å². The minimum atomic E-state index is -2.29. The third-order valence-electron chi connectivity index (χ3n) is 3.67. The van der Waals surface area contributed by atoms with Crippen LogP contribution in [0.2, 0.25) is 6.04 Å². The number of hydrogen-bond donors (Lipinski definition) is 0. The molecule has 1 aromatic carbocycles. The van der Waals surface area contributed by atoms with Crippen molar-refractivity contribution in [2.24, 2.45) is 5.41 Å². The molecule has 0 aliphatic rings. The van der Waals surface area contributed by atoms with Gasteiger partial charge in [0.15, 0.2) is 0 Å². The van der Waals surface area contributed by atoms with Crippen LogP contribution in [0.4, 0.5) is 0 Å². The largest absolute Gasteiger partial charge is 0.394 e. The highest BCUT2D eigenvalue weighted by atomic mass is 28.4. The quantitative estimate of drug-likeness (QED) is 0.741. The van der Waals surface area contributed by atoms with Crippen LogP contribution in [0.25, 0.3) is 0 Å². The van der Waals surface area contributed by atoms with Crippen molar-refractivity contribution < 1.29 is 8.85 Å². The van der Waals surface area contributed by atoms with Gasteiger partial charge < -0.3 is 8.85 Å². The molecule has 0 aliphatic heterocycles. The van der Waals surface area contributed by atoms with Crippen molar-refractivity contribution in [2.45, 2.75) is 46.6 Å². The lowest BCUT2D eigenvalue weighted by molar-refractivity contribution is 0.247. The molecule has 0 spiro atoms. The summed E-state index contributed by atoms with van der Waals surface area (Å²) in [6.45, 7) is 8.99. The molecule has 0 saturated heterocycles. The molecular formula is C16H28O2Si. The molecule has 0 heterocycles. The lowest BCUT2D eigenvalue weighted by Gasteiger charge is -2.32. The molecule has 0 atom stereocenters. The summed E-state index contributed by atoms with van der Waals surface area (Å²) < 4.78 is 11.9. The predicted molar refractivity (Wildman–Crippen MR) is 84.1 cm³/mol. The Morgan fingerprint density at radius 1 is 1.05 bits per heavy atom. The van der Waals surface area contributed by atoms with Crippen molar-refractivity contribution in [3.63, 3.8) is 0 Å². The summed E-state index contributed by atoms with van der Waals surface area (Å²) in [5.74, 6) is 0. The third kappa shape index (κ3) is 4.16. The zero-order chi connectivity index (χ0) is 14.5. The van der Waals surface area contributed by atoms with E-state index in [0.717, 1.165) is 18.9 Å². The second-order valence-corrected chi connectivity index (χ2v) is 9.59. The van der Waals surface area contributed by atoms with Gasteiger partial charge in [-0.05, 0) is 35.1 Å². The van der Waals surface area contributed by atoms with Crippen LogP contribution in [0.15, 0.2) is 24.3 Å². The third-order valence-corrected chi connectivity index (χ3v) is 7.21. The standard InChI is InChI=1S/C16H28O2Si/c1-7-14-10-8-9-11-15(14)19(17-5,18-6)13-12-16(2,3)4/h8-11H,7,12-13H2,1-6H3. The SMILES string of the molecule is CCc1ccccc1[Si](CCC(C)(C)C)(OC)OC. The lowest BCUT2D eigenvalue weighted by Crippen LogP contribution is -2.54. The van der Waals surface area contributed by atoms with E-state index in [-0.39, 0.29) is 0 Å². The molecule has 0 fully saturated rings. The summed E-state index contributed by atoms with van der Waals surface area (Å²) in [6.07, 6.45) is 2.13. The fourth-order valence-electron chi connectivity index (χ4n) is 2.38. The van der Waals surface area contributed by atoms with Gasteiger partial charge in [-0.15, -0.1) is 0 Å². The monoisotopic (exact) mass is 280 g/mol. The van der Waals surface area contributed by atoms with E-state index in [1.165, 1.54) is 10.8 Å². The molecule has 1 rings (SSSR count). The van der Waals surface area contributed by atoms with Crippen LogP contribution >= 0.6 is 0 Å². The van der Waals surface area contributed by atoms with Crippen molar-refractivity contribution >= 4 is 13.7 Å². The number of rotatable bonds is 6. The van der Waals surface area contributed by atoms with E-state index in [2.05, 4.69) is 52.0 Å². The van der Waals surface area contributed by atoms with E-state index < -0.39 is 8.56 Å². The van der Waals surface area contributed by atoms with E-state index >= 15 is 0 Å². The van der Waals surface area contributed by atoms with Crippen molar-refractivity contribution in [2.75, 3.05) is 14.2 Å². The van der Waals surface area contributed by atoms with E-state index in [0.29, 0.717) is 5.41 Å². The second-order valence-electron chi connectivity index (χ2n) is 6.23. The maximum Gasteiger partial charge on any atom is 0.372 e. The number of aryl methyl sites for hydroxylation is 1. The molecule has 19 heavy (non-hydrogen) atoms. The van der Waals surface area contributed by atoms with Crippen LogP contribution in [0, 0.1) is 5.41 Å². The van der Waals surface area contributed by atoms with Gasteiger partial charge in [0.2, 0.25) is 0 Å². The molecule has 108 valence electrons. The first-order chi connectivity index (χ1) is 8.88. The smallest absolute Gasteiger partial charge is 0.372 e. The molecule has 0 aliphatic carbocycles. The number of benzene rings is 1. The van der Waals surface area contributed by atoms with Gasteiger partial charge in [-0.3, -0.25) is 0 Å². The first-order valence-electron chi connectivity index (χ1n) is 7.07. The molecule has 0 aromatic heterocycles. The summed E-state index contributed by atoms with van der Waals surface area (Å²) in [5, 5.41) is 1.30. The molecule has 0 amide bonds. The molecular weight excluding hydrogens is 252 g/mol. The Kier molecular flexibility index (Phi) is 5.77. The van der Waals surface area contributed by atoms with Crippen molar-refractivity contribution in [3.8, 4) is 0 Å². The van der Waals surface area contributed by atoms with Gasteiger partial charge in [0.05, 0.1) is 0 Å². The first-order valence-corrected chi connectivity index (χ1v) is 9.09. The first kappa shape index (κ1) is 16.4. The van der Waals surface area contributed by atoms with Crippen molar-refractivity contribution in [1.29, 1.82) is 0 Å². The van der Waals surface area contributed by atoms with Gasteiger partial charge >= 0.3 is 8.56 Å². The van der Waals surface area contributed by atoms with Crippen LogP contribution in [-0.4, -0.2) is 22.8 Å². The predicted octanol–water partition coefficient (Wildman–Crippen LogP) is 3.63. The summed E-state index contributed by atoms with van der Waals surface area (Å²) in [4.78, 5) is 0. The Balaban J connectivity index is 3.10. The molecule has 0 radical (unpaired) electrons. The summed E-state index contributed by atoms with van der Waals surface area (Å²) >= 11 is 0. The van der Waals surface area contributed by atoms with Gasteiger partial charge in [-0.1, -0.05) is 52.0 Å². The Hall–Kier alpha value is -0.643. The summed E-state index contributed by atoms with van der Waals surface area (Å²) in [5.41, 5.74) is 1.66.